The predicted octanol–water partition coefficient (Wildman–Crippen LogP) is 7.92. The Morgan fingerprint density at radius 3 is 2.24 bits per heavy atom. The fourth-order valence-corrected chi connectivity index (χ4v) is 3.14. The van der Waals surface area contributed by atoms with E-state index < -0.39 is 0 Å². The van der Waals surface area contributed by atoms with Gasteiger partial charge in [-0.1, -0.05) is 64.9 Å². The Hall–Kier alpha value is -1.11. The van der Waals surface area contributed by atoms with Gasteiger partial charge < -0.3 is 19.0 Å². The van der Waals surface area contributed by atoms with E-state index in [1.165, 1.54) is 6.08 Å². The molecule has 1 aromatic carbocycles. The predicted molar refractivity (Wildman–Crippen MR) is 139 cm³/mol. The van der Waals surface area contributed by atoms with Crippen LogP contribution in [0.3, 0.4) is 0 Å². The Morgan fingerprint density at radius 2 is 1.58 bits per heavy atom. The first kappa shape index (κ1) is 29.9. The van der Waals surface area contributed by atoms with Crippen molar-refractivity contribution in [2.24, 2.45) is 5.16 Å². The van der Waals surface area contributed by atoms with Crippen LogP contribution in [0.15, 0.2) is 38.4 Å². The lowest BCUT2D eigenvalue weighted by atomic mass is 10.1. The lowest BCUT2D eigenvalue weighted by Gasteiger charge is -2.15. The second kappa shape index (κ2) is 18.2. The lowest BCUT2D eigenvalue weighted by molar-refractivity contribution is 0.149. The third kappa shape index (κ3) is 14.7. The number of hydrogen-bond donors (Lipinski definition) is 0. The van der Waals surface area contributed by atoms with Gasteiger partial charge in [0.25, 0.3) is 0 Å². The normalized spacial score (nSPS) is 11.2. The van der Waals surface area contributed by atoms with Crippen LogP contribution in [0.2, 0.25) is 0 Å². The molecule has 9 heteroatoms. The van der Waals surface area contributed by atoms with Crippen LogP contribution in [0.4, 0.5) is 0 Å². The summed E-state index contributed by atoms with van der Waals surface area (Å²) in [6, 6.07) is 3.98. The molecule has 0 fully saturated rings. The minimum atomic E-state index is 0.163. The van der Waals surface area contributed by atoms with Crippen molar-refractivity contribution in [1.82, 2.24) is 0 Å². The van der Waals surface area contributed by atoms with E-state index in [-0.39, 0.29) is 15.6 Å². The number of aryl methyl sites for hydroxylation is 2. The van der Waals surface area contributed by atoms with Crippen molar-refractivity contribution in [3.8, 4) is 11.5 Å². The van der Waals surface area contributed by atoms with Gasteiger partial charge in [-0.25, -0.2) is 0 Å². The molecule has 0 aliphatic heterocycles. The van der Waals surface area contributed by atoms with Crippen LogP contribution in [0.25, 0.3) is 0 Å². The molecule has 0 aliphatic carbocycles. The molecule has 0 saturated heterocycles. The maximum atomic E-state index is 6.09. The largest absolute Gasteiger partial charge is 0.493 e. The molecule has 0 radical (unpaired) electrons. The first-order chi connectivity index (χ1) is 15.8. The minimum Gasteiger partial charge on any atom is -0.493 e. The number of rotatable bonds is 17. The average molecular weight is 541 g/mol. The van der Waals surface area contributed by atoms with Crippen molar-refractivity contribution in [2.75, 3.05) is 33.0 Å². The van der Waals surface area contributed by atoms with E-state index >= 15 is 0 Å². The molecule has 0 N–H and O–H groups in total. The Labute approximate surface area is 217 Å². The van der Waals surface area contributed by atoms with Crippen LogP contribution in [-0.2, 0) is 16.0 Å². The van der Waals surface area contributed by atoms with E-state index in [2.05, 4.69) is 12.1 Å². The van der Waals surface area contributed by atoms with Crippen molar-refractivity contribution >= 4 is 52.1 Å². The molecule has 0 saturated carbocycles. The van der Waals surface area contributed by atoms with Crippen molar-refractivity contribution in [3.05, 3.63) is 44.4 Å². The maximum Gasteiger partial charge on any atom is 0.138 e. The lowest BCUT2D eigenvalue weighted by Crippen LogP contribution is -2.07. The number of oxime groups is 1. The van der Waals surface area contributed by atoms with Crippen LogP contribution >= 0.6 is 46.4 Å². The van der Waals surface area contributed by atoms with E-state index in [1.54, 1.807) is 6.08 Å². The summed E-state index contributed by atoms with van der Waals surface area (Å²) in [5.74, 6) is 1.73. The van der Waals surface area contributed by atoms with Crippen LogP contribution in [0, 0.1) is 6.92 Å². The highest BCUT2D eigenvalue weighted by atomic mass is 35.5. The number of benzene rings is 1. The van der Waals surface area contributed by atoms with Gasteiger partial charge in [0.15, 0.2) is 0 Å². The summed E-state index contributed by atoms with van der Waals surface area (Å²) < 4.78 is 17.7. The Morgan fingerprint density at radius 1 is 0.909 bits per heavy atom. The summed E-state index contributed by atoms with van der Waals surface area (Å²) in [4.78, 5) is 5.05. The summed E-state index contributed by atoms with van der Waals surface area (Å²) in [6.07, 6.45) is 8.15. The monoisotopic (exact) mass is 539 g/mol. The molecule has 186 valence electrons. The zero-order chi connectivity index (χ0) is 24.5. The van der Waals surface area contributed by atoms with E-state index in [9.17, 15) is 0 Å². The fraction of sp³-hybridized carbons (Fsp3) is 0.542. The molecule has 0 heterocycles. The molecule has 0 aromatic heterocycles. The van der Waals surface area contributed by atoms with Gasteiger partial charge in [-0.05, 0) is 74.9 Å². The Bertz CT molecular complexity index is 789. The second-order valence-corrected chi connectivity index (χ2v) is 9.33. The van der Waals surface area contributed by atoms with Crippen molar-refractivity contribution < 1.29 is 19.0 Å². The maximum absolute atomic E-state index is 6.09. The highest BCUT2D eigenvalue weighted by Crippen LogP contribution is 2.30. The van der Waals surface area contributed by atoms with Gasteiger partial charge in [-0.15, -0.1) is 0 Å². The number of unbranched alkanes of at least 4 members (excludes halogenated alkanes) is 3. The van der Waals surface area contributed by atoms with Gasteiger partial charge in [-0.2, -0.15) is 0 Å². The molecule has 0 amide bonds. The molecular weight excluding hydrogens is 508 g/mol. The summed E-state index contributed by atoms with van der Waals surface area (Å²) >= 11 is 22.2. The quantitative estimate of drug-likeness (QED) is 0.114. The number of ether oxygens (including phenoxy) is 3. The van der Waals surface area contributed by atoms with Gasteiger partial charge in [0.05, 0.1) is 18.9 Å². The standard InChI is InChI=1S/C24H33Cl4NO4/c1-4-20-16-21(31-13-9-22(25)26)15-18(2)24(20)32-12-8-6-5-7-11-30-17-19(3)29-33-14-10-23(27)28/h9-10,15-16H,4-8,11-14,17H2,1-3H3. The number of hydrogen-bond acceptors (Lipinski definition) is 5. The van der Waals surface area contributed by atoms with Crippen molar-refractivity contribution in [3.63, 3.8) is 0 Å². The summed E-state index contributed by atoms with van der Waals surface area (Å²) in [6.45, 7) is 8.36. The average Bonchev–Trinajstić information content (AvgIpc) is 2.76. The molecular formula is C24H33Cl4NO4. The van der Waals surface area contributed by atoms with Gasteiger partial charge in [-0.3, -0.25) is 0 Å². The van der Waals surface area contributed by atoms with Crippen LogP contribution < -0.4 is 9.47 Å². The Kier molecular flexibility index (Phi) is 16.5. The van der Waals surface area contributed by atoms with E-state index in [0.29, 0.717) is 26.4 Å². The van der Waals surface area contributed by atoms with Gasteiger partial charge in [0.2, 0.25) is 0 Å². The van der Waals surface area contributed by atoms with Crippen LogP contribution in [0.1, 0.15) is 50.7 Å². The summed E-state index contributed by atoms with van der Waals surface area (Å²) in [5.41, 5.74) is 2.95. The zero-order valence-electron chi connectivity index (χ0n) is 19.5. The molecule has 0 aliphatic rings. The van der Waals surface area contributed by atoms with Crippen molar-refractivity contribution in [2.45, 2.75) is 52.9 Å². The van der Waals surface area contributed by atoms with Crippen LogP contribution in [-0.4, -0.2) is 38.7 Å². The van der Waals surface area contributed by atoms with E-state index in [4.69, 9.17) is 65.5 Å². The SMILES string of the molecule is CCc1cc(OCC=C(Cl)Cl)cc(C)c1OCCCCCCOCC(C)=NOCC=C(Cl)Cl. The van der Waals surface area contributed by atoms with Gasteiger partial charge >= 0.3 is 0 Å². The summed E-state index contributed by atoms with van der Waals surface area (Å²) in [5, 5.41) is 3.92. The second-order valence-electron chi connectivity index (χ2n) is 7.32. The summed E-state index contributed by atoms with van der Waals surface area (Å²) in [7, 11) is 0. The smallest absolute Gasteiger partial charge is 0.138 e. The molecule has 33 heavy (non-hydrogen) atoms. The zero-order valence-corrected chi connectivity index (χ0v) is 22.5. The Balaban J connectivity index is 2.23. The number of nitrogens with zero attached hydrogens (tertiary/aromatic N) is 1. The first-order valence-electron chi connectivity index (χ1n) is 11.0. The van der Waals surface area contributed by atoms with E-state index in [0.717, 1.165) is 60.4 Å². The highest BCUT2D eigenvalue weighted by molar-refractivity contribution is 6.56. The third-order valence-corrected chi connectivity index (χ3v) is 5.08. The minimum absolute atomic E-state index is 0.163. The van der Waals surface area contributed by atoms with E-state index in [1.807, 2.05) is 26.0 Å². The highest BCUT2D eigenvalue weighted by Gasteiger charge is 2.09. The molecule has 1 rings (SSSR count). The van der Waals surface area contributed by atoms with Gasteiger partial charge in [0.1, 0.15) is 33.7 Å². The molecule has 0 unspecified atom stereocenters. The molecule has 1 aromatic rings. The molecule has 5 nitrogen and oxygen atoms in total. The first-order valence-corrected chi connectivity index (χ1v) is 12.5. The number of halogens is 4. The molecule has 0 atom stereocenters. The topological polar surface area (TPSA) is 49.3 Å². The molecule has 0 spiro atoms. The van der Waals surface area contributed by atoms with Gasteiger partial charge in [0, 0.05) is 6.61 Å². The van der Waals surface area contributed by atoms with Crippen LogP contribution in [0.5, 0.6) is 11.5 Å². The molecule has 0 bridgehead atoms. The fourth-order valence-electron chi connectivity index (χ4n) is 2.89. The third-order valence-electron chi connectivity index (χ3n) is 4.47. The van der Waals surface area contributed by atoms with Crippen molar-refractivity contribution in [1.29, 1.82) is 0 Å².